The number of hydrogen-bond acceptors (Lipinski definition) is 4. The highest BCUT2D eigenvalue weighted by atomic mass is 19.1. The zero-order chi connectivity index (χ0) is 20.6. The monoisotopic (exact) mass is 399 g/mol. The van der Waals surface area contributed by atoms with Crippen molar-refractivity contribution in [2.24, 2.45) is 0 Å². The molecule has 0 bridgehead atoms. The summed E-state index contributed by atoms with van der Waals surface area (Å²) >= 11 is 0. The molecule has 2 heterocycles. The summed E-state index contributed by atoms with van der Waals surface area (Å²) in [5.41, 5.74) is 8.96. The van der Waals surface area contributed by atoms with E-state index >= 15 is 0 Å². The summed E-state index contributed by atoms with van der Waals surface area (Å²) in [5, 5.41) is 0. The van der Waals surface area contributed by atoms with Gasteiger partial charge in [0.2, 0.25) is 0 Å². The first-order chi connectivity index (χ1) is 14.0. The summed E-state index contributed by atoms with van der Waals surface area (Å²) in [7, 11) is 2.20. The van der Waals surface area contributed by atoms with Crippen LogP contribution in [0.2, 0.25) is 0 Å². The minimum absolute atomic E-state index is 0.134. The number of nitrogen functional groups attached to an aromatic ring is 1. The number of benzene rings is 1. The van der Waals surface area contributed by atoms with Crippen molar-refractivity contribution in [1.29, 1.82) is 0 Å². The summed E-state index contributed by atoms with van der Waals surface area (Å²) in [6.45, 7) is 3.53. The smallest absolute Gasteiger partial charge is 0.123 e. The lowest BCUT2D eigenvalue weighted by molar-refractivity contribution is 0.0462. The van der Waals surface area contributed by atoms with Gasteiger partial charge < -0.3 is 15.4 Å². The lowest BCUT2D eigenvalue weighted by atomic mass is 10.0. The second-order valence-corrected chi connectivity index (χ2v) is 8.41. The Morgan fingerprint density at radius 3 is 2.79 bits per heavy atom. The molecule has 0 radical (unpaired) electrons. The summed E-state index contributed by atoms with van der Waals surface area (Å²) in [4.78, 5) is 6.78. The maximum Gasteiger partial charge on any atom is 0.123 e. The Hall–Kier alpha value is -1.98. The van der Waals surface area contributed by atoms with Crippen LogP contribution in [0, 0.1) is 12.7 Å². The lowest BCUT2D eigenvalue weighted by Gasteiger charge is -2.18. The molecule has 1 aromatic carbocycles. The summed E-state index contributed by atoms with van der Waals surface area (Å²) in [6, 6.07) is 11.5. The summed E-state index contributed by atoms with van der Waals surface area (Å²) in [6.07, 6.45) is 8.33. The van der Waals surface area contributed by atoms with E-state index in [1.807, 2.05) is 25.1 Å². The summed E-state index contributed by atoms with van der Waals surface area (Å²) < 4.78 is 19.3. The second-order valence-electron chi connectivity index (χ2n) is 8.41. The number of anilines is 1. The van der Waals surface area contributed by atoms with Gasteiger partial charge in [0.25, 0.3) is 0 Å². The van der Waals surface area contributed by atoms with Crippen molar-refractivity contribution in [3.05, 3.63) is 59.0 Å². The van der Waals surface area contributed by atoms with Crippen LogP contribution in [0.15, 0.2) is 36.4 Å². The van der Waals surface area contributed by atoms with Crippen LogP contribution in [0.4, 0.5) is 10.2 Å². The minimum atomic E-state index is -0.134. The molecule has 0 amide bonds. The first-order valence-electron chi connectivity index (χ1n) is 10.8. The molecule has 29 heavy (non-hydrogen) atoms. The van der Waals surface area contributed by atoms with Crippen molar-refractivity contribution in [1.82, 2.24) is 9.88 Å². The van der Waals surface area contributed by atoms with Gasteiger partial charge >= 0.3 is 0 Å². The molecule has 1 aliphatic heterocycles. The highest BCUT2D eigenvalue weighted by molar-refractivity contribution is 5.33. The minimum Gasteiger partial charge on any atom is -0.384 e. The van der Waals surface area contributed by atoms with Gasteiger partial charge in [0.1, 0.15) is 11.6 Å². The fourth-order valence-corrected chi connectivity index (χ4v) is 4.29. The fraction of sp³-hybridized carbons (Fsp3) is 0.542. The molecule has 2 unspecified atom stereocenters. The number of nitrogens with two attached hydrogens (primary N) is 1. The molecule has 1 aromatic heterocycles. The molecule has 3 rings (SSSR count). The van der Waals surface area contributed by atoms with Crippen LogP contribution in [0.3, 0.4) is 0 Å². The van der Waals surface area contributed by atoms with Gasteiger partial charge in [-0.1, -0.05) is 31.4 Å². The van der Waals surface area contributed by atoms with E-state index in [0.29, 0.717) is 18.5 Å². The van der Waals surface area contributed by atoms with Crippen molar-refractivity contribution in [3.8, 4) is 0 Å². The zero-order valence-electron chi connectivity index (χ0n) is 17.7. The molecule has 4 nitrogen and oxygen atoms in total. The number of likely N-dealkylation sites (tertiary alicyclic amines) is 1. The third-order valence-corrected chi connectivity index (χ3v) is 5.80. The van der Waals surface area contributed by atoms with Gasteiger partial charge in [-0.3, -0.25) is 0 Å². The van der Waals surface area contributed by atoms with Gasteiger partial charge in [-0.05, 0) is 75.0 Å². The predicted molar refractivity (Wildman–Crippen MR) is 116 cm³/mol. The Morgan fingerprint density at radius 2 is 2.00 bits per heavy atom. The molecule has 0 spiro atoms. The average Bonchev–Trinajstić information content (AvgIpc) is 3.02. The summed E-state index contributed by atoms with van der Waals surface area (Å²) in [5.74, 6) is 0.424. The van der Waals surface area contributed by atoms with Gasteiger partial charge in [-0.25, -0.2) is 9.37 Å². The van der Waals surface area contributed by atoms with Crippen LogP contribution in [-0.4, -0.2) is 35.6 Å². The quantitative estimate of drug-likeness (QED) is 0.578. The van der Waals surface area contributed by atoms with Crippen LogP contribution in [0.1, 0.15) is 55.3 Å². The highest BCUT2D eigenvalue weighted by Gasteiger charge is 2.29. The first-order valence-corrected chi connectivity index (χ1v) is 10.8. The van der Waals surface area contributed by atoms with Crippen molar-refractivity contribution in [2.45, 2.75) is 70.6 Å². The lowest BCUT2D eigenvalue weighted by Crippen LogP contribution is -2.25. The van der Waals surface area contributed by atoms with E-state index in [0.717, 1.165) is 42.6 Å². The van der Waals surface area contributed by atoms with Crippen molar-refractivity contribution in [2.75, 3.05) is 19.3 Å². The Bertz CT molecular complexity index is 762. The predicted octanol–water partition coefficient (Wildman–Crippen LogP) is 4.89. The highest BCUT2D eigenvalue weighted by Crippen LogP contribution is 2.24. The topological polar surface area (TPSA) is 51.4 Å². The molecule has 2 N–H and O–H groups in total. The van der Waals surface area contributed by atoms with E-state index < -0.39 is 0 Å². The molecular weight excluding hydrogens is 365 g/mol. The molecule has 5 heteroatoms. The van der Waals surface area contributed by atoms with E-state index in [2.05, 4.69) is 16.9 Å². The maximum atomic E-state index is 13.2. The number of nitrogens with zero attached hydrogens (tertiary/aromatic N) is 2. The zero-order valence-corrected chi connectivity index (χ0v) is 17.7. The van der Waals surface area contributed by atoms with Gasteiger partial charge in [-0.15, -0.1) is 0 Å². The van der Waals surface area contributed by atoms with Gasteiger partial charge in [0, 0.05) is 12.6 Å². The molecule has 1 fully saturated rings. The molecule has 158 valence electrons. The van der Waals surface area contributed by atoms with Crippen LogP contribution in [0.5, 0.6) is 0 Å². The number of hydrogen-bond donors (Lipinski definition) is 1. The number of halogens is 1. The van der Waals surface area contributed by atoms with E-state index in [1.165, 1.54) is 31.7 Å². The van der Waals surface area contributed by atoms with Gasteiger partial charge in [0.05, 0.1) is 18.4 Å². The normalized spacial score (nSPS) is 19.7. The molecule has 2 atom stereocenters. The Kier molecular flexibility index (Phi) is 8.01. The van der Waals surface area contributed by atoms with Crippen LogP contribution in [0.25, 0.3) is 0 Å². The maximum absolute atomic E-state index is 13.2. The Morgan fingerprint density at radius 1 is 1.17 bits per heavy atom. The third kappa shape index (κ3) is 7.09. The first kappa shape index (κ1) is 21.7. The molecular formula is C24H34FN3O. The third-order valence-electron chi connectivity index (χ3n) is 5.80. The van der Waals surface area contributed by atoms with E-state index in [4.69, 9.17) is 10.5 Å². The number of aryl methyl sites for hydroxylation is 2. The number of pyridine rings is 1. The number of unbranched alkanes of at least 4 members (excludes halogenated alkanes) is 3. The number of ether oxygens (including phenoxy) is 1. The molecule has 0 saturated carbocycles. The van der Waals surface area contributed by atoms with Gasteiger partial charge in [-0.2, -0.15) is 0 Å². The van der Waals surface area contributed by atoms with E-state index in [-0.39, 0.29) is 11.9 Å². The van der Waals surface area contributed by atoms with Crippen molar-refractivity contribution < 1.29 is 9.13 Å². The standard InChI is InChI=1S/C24H34FN3O/c1-18-12-21(27-24(26)13-18)17-29-23-15-22(28(2)16-23)11-6-4-3-5-8-19-9-7-10-20(25)14-19/h7,9-10,12-14,22-23H,3-6,8,11,15-17H2,1-2H3,(H2,26,27). The van der Waals surface area contributed by atoms with Crippen LogP contribution < -0.4 is 5.73 Å². The van der Waals surface area contributed by atoms with E-state index in [1.54, 1.807) is 12.1 Å². The number of likely N-dealkylation sites (N-methyl/N-ethyl adjacent to an activating group) is 1. The molecule has 2 aromatic rings. The molecule has 0 aliphatic carbocycles. The second kappa shape index (κ2) is 10.7. The number of aromatic nitrogens is 1. The SMILES string of the molecule is Cc1cc(N)nc(COC2CC(CCCCCCc3cccc(F)c3)N(C)C2)c1. The Balaban J connectivity index is 1.30. The average molecular weight is 400 g/mol. The van der Waals surface area contributed by atoms with Crippen molar-refractivity contribution >= 4 is 5.82 Å². The molecule has 1 saturated heterocycles. The van der Waals surface area contributed by atoms with Crippen LogP contribution in [-0.2, 0) is 17.8 Å². The van der Waals surface area contributed by atoms with Crippen LogP contribution >= 0.6 is 0 Å². The largest absolute Gasteiger partial charge is 0.384 e. The van der Waals surface area contributed by atoms with Gasteiger partial charge in [0.15, 0.2) is 0 Å². The Labute approximate surface area is 174 Å². The van der Waals surface area contributed by atoms with Crippen molar-refractivity contribution in [3.63, 3.8) is 0 Å². The number of rotatable bonds is 10. The molecule has 1 aliphatic rings. The van der Waals surface area contributed by atoms with E-state index in [9.17, 15) is 4.39 Å². The fourth-order valence-electron chi connectivity index (χ4n) is 4.29.